The highest BCUT2D eigenvalue weighted by molar-refractivity contribution is 6.16. The highest BCUT2D eigenvalue weighted by Gasteiger charge is 2.21. The van der Waals surface area contributed by atoms with E-state index in [0.29, 0.717) is 0 Å². The Bertz CT molecular complexity index is 3580. The van der Waals surface area contributed by atoms with Gasteiger partial charge in [0.2, 0.25) is 0 Å². The van der Waals surface area contributed by atoms with Crippen molar-refractivity contribution in [3.8, 4) is 44.5 Å². The summed E-state index contributed by atoms with van der Waals surface area (Å²) in [5.74, 6) is 0. The second-order valence-corrected chi connectivity index (χ2v) is 15.7. The number of benzene rings is 10. The number of anilines is 3. The smallest absolute Gasteiger partial charge is 0.136 e. The van der Waals surface area contributed by atoms with Crippen LogP contribution < -0.4 is 4.90 Å². The Labute approximate surface area is 353 Å². The second-order valence-electron chi connectivity index (χ2n) is 15.7. The zero-order chi connectivity index (χ0) is 40.3. The van der Waals surface area contributed by atoms with E-state index in [-0.39, 0.29) is 0 Å². The van der Waals surface area contributed by atoms with Gasteiger partial charge in [-0.15, -0.1) is 0 Å². The molecular formula is C58H37NO2. The van der Waals surface area contributed by atoms with E-state index < -0.39 is 0 Å². The molecule has 3 heteroatoms. The standard InChI is InChI=1S/C58H37NO2/c1-2-12-38(13-3-1)41-16-10-17-42(34-41)39-24-29-46(30-25-39)59(47-31-26-40(27-32-47)45-28-33-55-51(35-45)49-19-7-9-22-54(49)60-55)53-21-8-6-18-48(53)50-20-11-23-56-58(50)52-36-43-14-4-5-15-44(43)37-57(52)61-56/h1-37H. The predicted molar refractivity (Wildman–Crippen MR) is 255 cm³/mol. The van der Waals surface area contributed by atoms with Crippen LogP contribution in [0.3, 0.4) is 0 Å². The molecule has 61 heavy (non-hydrogen) atoms. The van der Waals surface area contributed by atoms with Gasteiger partial charge in [-0.25, -0.2) is 0 Å². The van der Waals surface area contributed by atoms with Crippen LogP contribution in [-0.2, 0) is 0 Å². The molecular weight excluding hydrogens is 743 g/mol. The van der Waals surface area contributed by atoms with Gasteiger partial charge in [-0.05, 0) is 123 Å². The first-order valence-corrected chi connectivity index (χ1v) is 20.7. The summed E-state index contributed by atoms with van der Waals surface area (Å²) in [6.07, 6.45) is 0. The largest absolute Gasteiger partial charge is 0.456 e. The van der Waals surface area contributed by atoms with Crippen LogP contribution in [0.15, 0.2) is 233 Å². The first kappa shape index (κ1) is 34.9. The highest BCUT2D eigenvalue weighted by Crippen LogP contribution is 2.46. The zero-order valence-corrected chi connectivity index (χ0v) is 33.1. The summed E-state index contributed by atoms with van der Waals surface area (Å²) in [6.45, 7) is 0. The van der Waals surface area contributed by atoms with Crippen molar-refractivity contribution in [3.05, 3.63) is 224 Å². The topological polar surface area (TPSA) is 29.5 Å². The van der Waals surface area contributed by atoms with E-state index >= 15 is 0 Å². The molecule has 3 nitrogen and oxygen atoms in total. The van der Waals surface area contributed by atoms with E-state index in [1.807, 2.05) is 12.1 Å². The monoisotopic (exact) mass is 779 g/mol. The van der Waals surface area contributed by atoms with Crippen molar-refractivity contribution >= 4 is 71.7 Å². The lowest BCUT2D eigenvalue weighted by Gasteiger charge is -2.28. The van der Waals surface area contributed by atoms with Gasteiger partial charge in [0.15, 0.2) is 0 Å². The number of furan rings is 2. The van der Waals surface area contributed by atoms with Crippen molar-refractivity contribution in [2.45, 2.75) is 0 Å². The third-order valence-electron chi connectivity index (χ3n) is 12.1. The molecule has 2 aromatic heterocycles. The van der Waals surface area contributed by atoms with Gasteiger partial charge in [-0.3, -0.25) is 0 Å². The lowest BCUT2D eigenvalue weighted by Crippen LogP contribution is -2.11. The molecule has 286 valence electrons. The number of hydrogen-bond donors (Lipinski definition) is 0. The Morgan fingerprint density at radius 2 is 0.803 bits per heavy atom. The molecule has 2 heterocycles. The van der Waals surface area contributed by atoms with Gasteiger partial charge in [-0.2, -0.15) is 0 Å². The van der Waals surface area contributed by atoms with E-state index in [0.717, 1.165) is 88.8 Å². The normalized spacial score (nSPS) is 11.6. The van der Waals surface area contributed by atoms with Crippen LogP contribution in [0.2, 0.25) is 0 Å². The number of nitrogens with zero attached hydrogens (tertiary/aromatic N) is 1. The zero-order valence-electron chi connectivity index (χ0n) is 33.1. The van der Waals surface area contributed by atoms with E-state index in [1.165, 1.54) is 27.5 Å². The van der Waals surface area contributed by atoms with Crippen LogP contribution in [0.1, 0.15) is 0 Å². The van der Waals surface area contributed by atoms with Crippen LogP contribution in [0.5, 0.6) is 0 Å². The van der Waals surface area contributed by atoms with Crippen LogP contribution >= 0.6 is 0 Å². The molecule has 0 fully saturated rings. The molecule has 0 unspecified atom stereocenters. The molecule has 0 radical (unpaired) electrons. The molecule has 0 aliphatic carbocycles. The minimum Gasteiger partial charge on any atom is -0.456 e. The van der Waals surface area contributed by atoms with Crippen molar-refractivity contribution in [3.63, 3.8) is 0 Å². The van der Waals surface area contributed by atoms with Gasteiger partial charge in [0.25, 0.3) is 0 Å². The minimum atomic E-state index is 0.873. The summed E-state index contributed by atoms with van der Waals surface area (Å²) in [5, 5.41) is 6.83. The number of para-hydroxylation sites is 2. The maximum atomic E-state index is 6.57. The molecule has 0 bridgehead atoms. The summed E-state index contributed by atoms with van der Waals surface area (Å²) in [7, 11) is 0. The summed E-state index contributed by atoms with van der Waals surface area (Å²) >= 11 is 0. The summed E-state index contributed by atoms with van der Waals surface area (Å²) in [5.41, 5.74) is 16.0. The average molecular weight is 780 g/mol. The molecule has 0 N–H and O–H groups in total. The van der Waals surface area contributed by atoms with Gasteiger partial charge in [0.05, 0.1) is 5.69 Å². The Morgan fingerprint density at radius 3 is 1.57 bits per heavy atom. The first-order valence-electron chi connectivity index (χ1n) is 20.7. The second kappa shape index (κ2) is 14.3. The molecule has 0 spiro atoms. The molecule has 0 aliphatic rings. The Hall–Kier alpha value is -8.14. The minimum absolute atomic E-state index is 0.873. The molecule has 12 aromatic rings. The molecule has 0 atom stereocenters. The molecule has 0 amide bonds. The summed E-state index contributed by atoms with van der Waals surface area (Å²) < 4.78 is 12.7. The first-order chi connectivity index (χ1) is 30.2. The van der Waals surface area contributed by atoms with Crippen molar-refractivity contribution in [2.24, 2.45) is 0 Å². The Balaban J connectivity index is 1.00. The molecule has 12 rings (SSSR count). The van der Waals surface area contributed by atoms with Gasteiger partial charge >= 0.3 is 0 Å². The van der Waals surface area contributed by atoms with Crippen LogP contribution in [-0.4, -0.2) is 0 Å². The third-order valence-corrected chi connectivity index (χ3v) is 12.1. The van der Waals surface area contributed by atoms with Gasteiger partial charge < -0.3 is 13.7 Å². The van der Waals surface area contributed by atoms with Crippen LogP contribution in [0, 0.1) is 0 Å². The lowest BCUT2D eigenvalue weighted by atomic mass is 9.95. The van der Waals surface area contributed by atoms with Crippen LogP contribution in [0.25, 0.3) is 99.2 Å². The Morgan fingerprint density at radius 1 is 0.279 bits per heavy atom. The predicted octanol–water partition coefficient (Wildman–Crippen LogP) is 16.8. The van der Waals surface area contributed by atoms with E-state index in [4.69, 9.17) is 8.83 Å². The fraction of sp³-hybridized carbons (Fsp3) is 0. The van der Waals surface area contributed by atoms with Crippen molar-refractivity contribution < 1.29 is 8.83 Å². The van der Waals surface area contributed by atoms with Crippen molar-refractivity contribution in [2.75, 3.05) is 4.90 Å². The van der Waals surface area contributed by atoms with Gasteiger partial charge in [0, 0.05) is 38.5 Å². The number of hydrogen-bond acceptors (Lipinski definition) is 3. The van der Waals surface area contributed by atoms with E-state index in [2.05, 4.69) is 217 Å². The van der Waals surface area contributed by atoms with E-state index in [9.17, 15) is 0 Å². The summed E-state index contributed by atoms with van der Waals surface area (Å²) in [6, 6.07) is 80.1. The van der Waals surface area contributed by atoms with Crippen LogP contribution in [0.4, 0.5) is 17.1 Å². The fourth-order valence-electron chi connectivity index (χ4n) is 9.08. The average Bonchev–Trinajstić information content (AvgIpc) is 3.89. The lowest BCUT2D eigenvalue weighted by molar-refractivity contribution is 0.669. The molecule has 0 saturated carbocycles. The number of fused-ring (bicyclic) bond motifs is 7. The maximum absolute atomic E-state index is 6.57. The summed E-state index contributed by atoms with van der Waals surface area (Å²) in [4.78, 5) is 2.38. The molecule has 10 aromatic carbocycles. The number of rotatable bonds is 7. The van der Waals surface area contributed by atoms with Gasteiger partial charge in [-0.1, -0.05) is 152 Å². The molecule has 0 aliphatic heterocycles. The fourth-order valence-corrected chi connectivity index (χ4v) is 9.08. The third kappa shape index (κ3) is 6.06. The highest BCUT2D eigenvalue weighted by atomic mass is 16.3. The van der Waals surface area contributed by atoms with Crippen molar-refractivity contribution in [1.29, 1.82) is 0 Å². The van der Waals surface area contributed by atoms with Gasteiger partial charge in [0.1, 0.15) is 22.3 Å². The Kier molecular flexibility index (Phi) is 8.17. The van der Waals surface area contributed by atoms with Crippen molar-refractivity contribution in [1.82, 2.24) is 0 Å². The molecule has 0 saturated heterocycles. The van der Waals surface area contributed by atoms with E-state index in [1.54, 1.807) is 0 Å². The quantitative estimate of drug-likeness (QED) is 0.161. The SMILES string of the molecule is c1ccc(-c2cccc(-c3ccc(N(c4ccc(-c5ccc6oc7ccccc7c6c5)cc4)c4ccccc4-c4cccc5oc6cc7ccccc7cc6c45)cc3)c2)cc1. The maximum Gasteiger partial charge on any atom is 0.136 e.